The van der Waals surface area contributed by atoms with Gasteiger partial charge in [0.1, 0.15) is 5.82 Å². The second-order valence-corrected chi connectivity index (χ2v) is 6.99. The minimum absolute atomic E-state index is 0.000762. The Morgan fingerprint density at radius 1 is 1.55 bits per heavy atom. The standard InChI is InChI=1S/C15H24N4O2S/c1-9(2)13(14(20)17-8-11-5-4-6-21-11)22-15-18-10(3)7-12(16)19-15/h7,9,11,13H,4-6,8H2,1-3H3,(H,17,20)(H2,16,18,19)/t11-,13+/m0/s1. The Kier molecular flexibility index (Phi) is 6.02. The quantitative estimate of drug-likeness (QED) is 0.612. The summed E-state index contributed by atoms with van der Waals surface area (Å²) >= 11 is 1.36. The third-order valence-corrected chi connectivity index (χ3v) is 4.88. The summed E-state index contributed by atoms with van der Waals surface area (Å²) in [5.41, 5.74) is 6.55. The van der Waals surface area contributed by atoms with Crippen LogP contribution in [0.2, 0.25) is 0 Å². The Morgan fingerprint density at radius 2 is 2.32 bits per heavy atom. The molecule has 122 valence electrons. The highest BCUT2D eigenvalue weighted by molar-refractivity contribution is 8.00. The molecule has 0 aliphatic carbocycles. The number of carbonyl (C=O) groups excluding carboxylic acids is 1. The van der Waals surface area contributed by atoms with Gasteiger partial charge < -0.3 is 15.8 Å². The predicted octanol–water partition coefficient (Wildman–Crippen LogP) is 1.78. The molecule has 1 fully saturated rings. The second-order valence-electron chi connectivity index (χ2n) is 5.88. The van der Waals surface area contributed by atoms with Crippen molar-refractivity contribution < 1.29 is 9.53 Å². The van der Waals surface area contributed by atoms with Gasteiger partial charge in [0.05, 0.1) is 11.4 Å². The van der Waals surface area contributed by atoms with Crippen molar-refractivity contribution in [1.29, 1.82) is 0 Å². The van der Waals surface area contributed by atoms with Crippen molar-refractivity contribution >= 4 is 23.5 Å². The molecule has 0 spiro atoms. The summed E-state index contributed by atoms with van der Waals surface area (Å²) in [6.45, 7) is 7.26. The SMILES string of the molecule is Cc1cc(N)nc(S[C@@H](C(=O)NC[C@@H]2CCCO2)C(C)C)n1. The van der Waals surface area contributed by atoms with E-state index in [4.69, 9.17) is 10.5 Å². The van der Waals surface area contributed by atoms with Crippen molar-refractivity contribution in [2.45, 2.75) is 50.1 Å². The molecule has 0 bridgehead atoms. The average Bonchev–Trinajstić information content (AvgIpc) is 2.94. The molecule has 2 rings (SSSR count). The van der Waals surface area contributed by atoms with Gasteiger partial charge in [-0.25, -0.2) is 9.97 Å². The van der Waals surface area contributed by atoms with Crippen LogP contribution in [0.25, 0.3) is 0 Å². The highest BCUT2D eigenvalue weighted by Gasteiger charge is 2.26. The van der Waals surface area contributed by atoms with E-state index in [1.807, 2.05) is 20.8 Å². The van der Waals surface area contributed by atoms with E-state index in [-0.39, 0.29) is 23.2 Å². The van der Waals surface area contributed by atoms with Gasteiger partial charge in [0.15, 0.2) is 5.16 Å². The minimum Gasteiger partial charge on any atom is -0.384 e. The number of carbonyl (C=O) groups is 1. The van der Waals surface area contributed by atoms with Gasteiger partial charge in [-0.05, 0) is 25.7 Å². The number of nitrogens with zero attached hydrogens (tertiary/aromatic N) is 2. The number of aryl methyl sites for hydroxylation is 1. The Morgan fingerprint density at radius 3 is 2.91 bits per heavy atom. The van der Waals surface area contributed by atoms with Gasteiger partial charge >= 0.3 is 0 Å². The number of hydrogen-bond acceptors (Lipinski definition) is 6. The second kappa shape index (κ2) is 7.78. The van der Waals surface area contributed by atoms with Gasteiger partial charge in [-0.3, -0.25) is 4.79 Å². The van der Waals surface area contributed by atoms with E-state index in [1.54, 1.807) is 6.07 Å². The molecule has 0 aromatic carbocycles. The van der Waals surface area contributed by atoms with Crippen LogP contribution >= 0.6 is 11.8 Å². The molecule has 3 N–H and O–H groups in total. The van der Waals surface area contributed by atoms with Gasteiger partial charge in [-0.1, -0.05) is 25.6 Å². The van der Waals surface area contributed by atoms with E-state index in [0.717, 1.165) is 25.1 Å². The number of amides is 1. The zero-order chi connectivity index (χ0) is 16.1. The lowest BCUT2D eigenvalue weighted by Crippen LogP contribution is -2.39. The summed E-state index contributed by atoms with van der Waals surface area (Å²) in [7, 11) is 0. The summed E-state index contributed by atoms with van der Waals surface area (Å²) in [6, 6.07) is 1.71. The average molecular weight is 324 g/mol. The van der Waals surface area contributed by atoms with Crippen molar-refractivity contribution in [2.24, 2.45) is 5.92 Å². The summed E-state index contributed by atoms with van der Waals surface area (Å²) < 4.78 is 5.53. The molecular weight excluding hydrogens is 300 g/mol. The summed E-state index contributed by atoms with van der Waals surface area (Å²) in [5.74, 6) is 0.594. The third-order valence-electron chi connectivity index (χ3n) is 3.48. The van der Waals surface area contributed by atoms with Gasteiger partial charge in [0, 0.05) is 24.9 Å². The highest BCUT2D eigenvalue weighted by Crippen LogP contribution is 2.26. The molecule has 0 unspecified atom stereocenters. The fourth-order valence-electron chi connectivity index (χ4n) is 2.34. The maximum absolute atomic E-state index is 12.4. The number of anilines is 1. The normalized spacial score (nSPS) is 19.4. The Hall–Kier alpha value is -1.34. The lowest BCUT2D eigenvalue weighted by molar-refractivity contribution is -0.121. The van der Waals surface area contributed by atoms with Crippen LogP contribution in [0.1, 0.15) is 32.4 Å². The molecule has 1 aromatic heterocycles. The van der Waals surface area contributed by atoms with Gasteiger partial charge in [-0.2, -0.15) is 0 Å². The summed E-state index contributed by atoms with van der Waals surface area (Å²) in [6.07, 6.45) is 2.23. The fourth-order valence-corrected chi connectivity index (χ4v) is 3.39. The van der Waals surface area contributed by atoms with E-state index in [1.165, 1.54) is 11.8 Å². The van der Waals surface area contributed by atoms with Crippen molar-refractivity contribution in [3.05, 3.63) is 11.8 Å². The van der Waals surface area contributed by atoms with Crippen LogP contribution in [-0.4, -0.2) is 40.4 Å². The molecular formula is C15H24N4O2S. The smallest absolute Gasteiger partial charge is 0.233 e. The molecule has 2 heterocycles. The van der Waals surface area contributed by atoms with Crippen molar-refractivity contribution in [2.75, 3.05) is 18.9 Å². The molecule has 6 nitrogen and oxygen atoms in total. The van der Waals surface area contributed by atoms with Gasteiger partial charge in [0.25, 0.3) is 0 Å². The maximum atomic E-state index is 12.4. The number of nitrogen functional groups attached to an aromatic ring is 1. The number of nitrogens with two attached hydrogens (primary N) is 1. The van der Waals surface area contributed by atoms with Gasteiger partial charge in [0.2, 0.25) is 5.91 Å². The van der Waals surface area contributed by atoms with Crippen LogP contribution < -0.4 is 11.1 Å². The van der Waals surface area contributed by atoms with Gasteiger partial charge in [-0.15, -0.1) is 0 Å². The topological polar surface area (TPSA) is 90.1 Å². The molecule has 22 heavy (non-hydrogen) atoms. The van der Waals surface area contributed by atoms with Crippen molar-refractivity contribution in [3.8, 4) is 0 Å². The lowest BCUT2D eigenvalue weighted by atomic mass is 10.1. The van der Waals surface area contributed by atoms with Crippen molar-refractivity contribution in [1.82, 2.24) is 15.3 Å². The first kappa shape index (κ1) is 17.0. The first-order chi connectivity index (χ1) is 10.5. The van der Waals surface area contributed by atoms with E-state index in [0.29, 0.717) is 17.5 Å². The molecule has 2 atom stereocenters. The van der Waals surface area contributed by atoms with Crippen LogP contribution in [0, 0.1) is 12.8 Å². The zero-order valence-electron chi connectivity index (χ0n) is 13.3. The Balaban J connectivity index is 1.97. The minimum atomic E-state index is -0.248. The maximum Gasteiger partial charge on any atom is 0.233 e. The van der Waals surface area contributed by atoms with E-state index >= 15 is 0 Å². The van der Waals surface area contributed by atoms with Crippen LogP contribution in [0.5, 0.6) is 0 Å². The van der Waals surface area contributed by atoms with E-state index in [2.05, 4.69) is 15.3 Å². The first-order valence-electron chi connectivity index (χ1n) is 7.63. The highest BCUT2D eigenvalue weighted by atomic mass is 32.2. The number of hydrogen-bond donors (Lipinski definition) is 2. The monoisotopic (exact) mass is 324 g/mol. The number of nitrogens with one attached hydrogen (secondary N) is 1. The molecule has 0 radical (unpaired) electrons. The molecule has 1 saturated heterocycles. The number of thioether (sulfide) groups is 1. The molecule has 1 amide bonds. The molecule has 1 aliphatic rings. The number of aromatic nitrogens is 2. The molecule has 7 heteroatoms. The largest absolute Gasteiger partial charge is 0.384 e. The third kappa shape index (κ3) is 4.84. The fraction of sp³-hybridized carbons (Fsp3) is 0.667. The summed E-state index contributed by atoms with van der Waals surface area (Å²) in [5, 5.41) is 3.28. The van der Waals surface area contributed by atoms with Crippen LogP contribution in [-0.2, 0) is 9.53 Å². The van der Waals surface area contributed by atoms with Crippen LogP contribution in [0.3, 0.4) is 0 Å². The number of ether oxygens (including phenoxy) is 1. The molecule has 0 saturated carbocycles. The van der Waals surface area contributed by atoms with E-state index in [9.17, 15) is 4.79 Å². The molecule has 1 aliphatic heterocycles. The van der Waals surface area contributed by atoms with Crippen molar-refractivity contribution in [3.63, 3.8) is 0 Å². The molecule has 1 aromatic rings. The zero-order valence-corrected chi connectivity index (χ0v) is 14.2. The summed E-state index contributed by atoms with van der Waals surface area (Å²) in [4.78, 5) is 21.0. The van der Waals surface area contributed by atoms with E-state index < -0.39 is 0 Å². The van der Waals surface area contributed by atoms with Crippen LogP contribution in [0.4, 0.5) is 5.82 Å². The Labute approximate surface area is 135 Å². The Bertz CT molecular complexity index is 498. The first-order valence-corrected chi connectivity index (χ1v) is 8.51. The van der Waals surface area contributed by atoms with Crippen LogP contribution in [0.15, 0.2) is 11.2 Å². The number of rotatable bonds is 6. The predicted molar refractivity (Wildman–Crippen MR) is 87.6 cm³/mol. The lowest BCUT2D eigenvalue weighted by Gasteiger charge is -2.20.